The predicted octanol–water partition coefficient (Wildman–Crippen LogP) is 3.89. The first-order chi connectivity index (χ1) is 14.0. The van der Waals surface area contributed by atoms with Gasteiger partial charge in [-0.2, -0.15) is 5.06 Å². The lowest BCUT2D eigenvalue weighted by Gasteiger charge is -2.33. The quantitative estimate of drug-likeness (QED) is 0.652. The van der Waals surface area contributed by atoms with Gasteiger partial charge < -0.3 is 5.11 Å². The summed E-state index contributed by atoms with van der Waals surface area (Å²) in [6.45, 7) is 7.73. The molecule has 8 heteroatoms. The molecule has 0 radical (unpaired) electrons. The van der Waals surface area contributed by atoms with Gasteiger partial charge in [-0.3, -0.25) is 19.5 Å². The van der Waals surface area contributed by atoms with Crippen molar-refractivity contribution in [3.8, 4) is 0 Å². The Morgan fingerprint density at radius 2 is 2.00 bits per heavy atom. The Kier molecular flexibility index (Phi) is 8.09. The molecule has 3 rings (SSSR count). The summed E-state index contributed by atoms with van der Waals surface area (Å²) in [4.78, 5) is 24.8. The molecular weight excluding hydrogens is 413 g/mol. The van der Waals surface area contributed by atoms with E-state index in [1.165, 1.54) is 6.21 Å². The van der Waals surface area contributed by atoms with Gasteiger partial charge in [-0.15, -0.1) is 0 Å². The van der Waals surface area contributed by atoms with Gasteiger partial charge in [-0.05, 0) is 24.5 Å². The van der Waals surface area contributed by atoms with E-state index in [4.69, 9.17) is 28.0 Å². The van der Waals surface area contributed by atoms with Crippen LogP contribution >= 0.6 is 23.2 Å². The summed E-state index contributed by atoms with van der Waals surface area (Å²) < 4.78 is 0. The van der Waals surface area contributed by atoms with Crippen LogP contribution in [-0.4, -0.2) is 72.9 Å². The van der Waals surface area contributed by atoms with Gasteiger partial charge in [0.1, 0.15) is 5.76 Å². The number of benzene rings is 1. The summed E-state index contributed by atoms with van der Waals surface area (Å²) in [5, 5.41) is 13.3. The number of carbonyl (C=O) groups is 1. The summed E-state index contributed by atoms with van der Waals surface area (Å²) in [7, 11) is 0. The van der Waals surface area contributed by atoms with Crippen LogP contribution in [0, 0.1) is 0 Å². The fourth-order valence-corrected chi connectivity index (χ4v) is 4.19. The number of ketones is 1. The summed E-state index contributed by atoms with van der Waals surface area (Å²) >= 11 is 12.4. The van der Waals surface area contributed by atoms with Crippen LogP contribution in [0.2, 0.25) is 10.0 Å². The average Bonchev–Trinajstić information content (AvgIpc) is 2.70. The largest absolute Gasteiger partial charge is 0.511 e. The van der Waals surface area contributed by atoms with Crippen LogP contribution < -0.4 is 0 Å². The minimum absolute atomic E-state index is 0.0661. The smallest absolute Gasteiger partial charge is 0.168 e. The molecule has 2 aliphatic rings. The number of piperazine rings is 1. The lowest BCUT2D eigenvalue weighted by atomic mass is 9.83. The molecule has 158 valence electrons. The Morgan fingerprint density at radius 1 is 1.24 bits per heavy atom. The molecule has 29 heavy (non-hydrogen) atoms. The van der Waals surface area contributed by atoms with E-state index >= 15 is 0 Å². The molecule has 1 aliphatic carbocycles. The number of halogens is 2. The molecule has 1 fully saturated rings. The number of hydrogen-bond donors (Lipinski definition) is 1. The van der Waals surface area contributed by atoms with Gasteiger partial charge in [0, 0.05) is 51.8 Å². The molecule has 6 nitrogen and oxygen atoms in total. The van der Waals surface area contributed by atoms with Crippen molar-refractivity contribution in [2.75, 3.05) is 45.9 Å². The van der Waals surface area contributed by atoms with Crippen molar-refractivity contribution in [3.63, 3.8) is 0 Å². The Hall–Kier alpha value is -1.44. The van der Waals surface area contributed by atoms with Crippen molar-refractivity contribution in [1.82, 2.24) is 9.96 Å². The molecule has 0 spiro atoms. The van der Waals surface area contributed by atoms with E-state index in [-0.39, 0.29) is 23.9 Å². The SMILES string of the molecule is CCON1CCN(CCN=CC2=C(O)CC(c3cccc(Cl)c3Cl)CC2=O)CC1. The Morgan fingerprint density at radius 3 is 2.69 bits per heavy atom. The lowest BCUT2D eigenvalue weighted by Crippen LogP contribution is -2.46. The molecular formula is C21H27Cl2N3O3. The molecule has 0 amide bonds. The topological polar surface area (TPSA) is 65.4 Å². The highest BCUT2D eigenvalue weighted by Crippen LogP contribution is 2.38. The Labute approximate surface area is 181 Å². The molecule has 1 unspecified atom stereocenters. The Balaban J connectivity index is 1.53. The second-order valence-corrected chi connectivity index (χ2v) is 8.04. The maximum Gasteiger partial charge on any atom is 0.168 e. The third-order valence-corrected chi connectivity index (χ3v) is 6.15. The van der Waals surface area contributed by atoms with Crippen molar-refractivity contribution in [3.05, 3.63) is 45.1 Å². The van der Waals surface area contributed by atoms with Crippen molar-refractivity contribution in [2.45, 2.75) is 25.7 Å². The second kappa shape index (κ2) is 10.5. The van der Waals surface area contributed by atoms with Gasteiger partial charge >= 0.3 is 0 Å². The summed E-state index contributed by atoms with van der Waals surface area (Å²) in [5.74, 6) is -0.229. The van der Waals surface area contributed by atoms with Crippen molar-refractivity contribution in [2.24, 2.45) is 4.99 Å². The molecule has 1 N–H and O–H groups in total. The number of allylic oxidation sites excluding steroid dienone is 2. The lowest BCUT2D eigenvalue weighted by molar-refractivity contribution is -0.172. The molecule has 1 saturated heterocycles. The van der Waals surface area contributed by atoms with Gasteiger partial charge in [-0.1, -0.05) is 35.3 Å². The monoisotopic (exact) mass is 439 g/mol. The van der Waals surface area contributed by atoms with E-state index in [9.17, 15) is 9.90 Å². The highest BCUT2D eigenvalue weighted by Gasteiger charge is 2.29. The number of aliphatic hydroxyl groups is 1. The van der Waals surface area contributed by atoms with E-state index < -0.39 is 0 Å². The Bertz CT molecular complexity index is 789. The van der Waals surface area contributed by atoms with Crippen molar-refractivity contribution in [1.29, 1.82) is 0 Å². The standard InChI is InChI=1S/C21H27Cl2N3O3/c1-2-29-26-10-8-25(9-11-26)7-6-24-14-17-19(27)12-15(13-20(17)28)16-4-3-5-18(22)21(16)23/h3-5,14-15,27H,2,6-13H2,1H3. The normalized spacial score (nSPS) is 22.0. The van der Waals surface area contributed by atoms with Crippen LogP contribution in [0.3, 0.4) is 0 Å². The summed E-state index contributed by atoms with van der Waals surface area (Å²) in [5.41, 5.74) is 1.10. The average molecular weight is 440 g/mol. The van der Waals surface area contributed by atoms with E-state index in [1.807, 2.05) is 18.1 Å². The van der Waals surface area contributed by atoms with Crippen LogP contribution in [0.5, 0.6) is 0 Å². The predicted molar refractivity (Wildman–Crippen MR) is 116 cm³/mol. The van der Waals surface area contributed by atoms with Crippen LogP contribution in [0.15, 0.2) is 34.5 Å². The minimum Gasteiger partial charge on any atom is -0.511 e. The number of Topliss-reactive ketones (excluding diaryl/α,β-unsaturated/α-hetero) is 1. The third-order valence-electron chi connectivity index (χ3n) is 5.31. The van der Waals surface area contributed by atoms with E-state index in [2.05, 4.69) is 9.89 Å². The molecule has 1 aromatic carbocycles. The fraction of sp³-hybridized carbons (Fsp3) is 0.524. The minimum atomic E-state index is -0.174. The van der Waals surface area contributed by atoms with E-state index in [1.54, 1.807) is 12.1 Å². The zero-order valence-electron chi connectivity index (χ0n) is 16.6. The third kappa shape index (κ3) is 5.80. The van der Waals surface area contributed by atoms with Gasteiger partial charge in [0.25, 0.3) is 0 Å². The maximum atomic E-state index is 12.6. The summed E-state index contributed by atoms with van der Waals surface area (Å²) in [6.07, 6.45) is 2.15. The highest BCUT2D eigenvalue weighted by molar-refractivity contribution is 6.42. The zero-order chi connectivity index (χ0) is 20.8. The zero-order valence-corrected chi connectivity index (χ0v) is 18.1. The molecule has 0 aromatic heterocycles. The van der Waals surface area contributed by atoms with Gasteiger partial charge in [0.05, 0.1) is 28.8 Å². The second-order valence-electron chi connectivity index (χ2n) is 7.26. The van der Waals surface area contributed by atoms with Crippen LogP contribution in [0.1, 0.15) is 31.2 Å². The molecule has 1 heterocycles. The number of carbonyl (C=O) groups excluding carboxylic acids is 1. The molecule has 0 saturated carbocycles. The van der Waals surface area contributed by atoms with Gasteiger partial charge in [0.2, 0.25) is 0 Å². The fourth-order valence-electron chi connectivity index (χ4n) is 3.73. The molecule has 1 aliphatic heterocycles. The van der Waals surface area contributed by atoms with Crippen LogP contribution in [0.4, 0.5) is 0 Å². The van der Waals surface area contributed by atoms with Crippen molar-refractivity contribution < 1.29 is 14.7 Å². The molecule has 1 aromatic rings. The number of hydrogen-bond acceptors (Lipinski definition) is 6. The highest BCUT2D eigenvalue weighted by atomic mass is 35.5. The number of aliphatic imine (C=N–C) groups is 1. The number of aliphatic hydroxyl groups excluding tert-OH is 1. The first kappa shape index (κ1) is 22.2. The van der Waals surface area contributed by atoms with Crippen LogP contribution in [0.25, 0.3) is 0 Å². The number of nitrogens with zero attached hydrogens (tertiary/aromatic N) is 3. The van der Waals surface area contributed by atoms with Crippen LogP contribution in [-0.2, 0) is 9.63 Å². The summed E-state index contributed by atoms with van der Waals surface area (Å²) in [6, 6.07) is 5.37. The number of hydroxylamine groups is 2. The molecule has 0 bridgehead atoms. The first-order valence-corrected chi connectivity index (χ1v) is 10.7. The van der Waals surface area contributed by atoms with Crippen molar-refractivity contribution >= 4 is 35.2 Å². The maximum absolute atomic E-state index is 12.6. The first-order valence-electron chi connectivity index (χ1n) is 9.98. The van der Waals surface area contributed by atoms with Gasteiger partial charge in [-0.25, -0.2) is 0 Å². The number of rotatable bonds is 7. The van der Waals surface area contributed by atoms with E-state index in [0.717, 1.165) is 38.3 Å². The van der Waals surface area contributed by atoms with Gasteiger partial charge in [0.15, 0.2) is 5.78 Å². The molecule has 1 atom stereocenters. The van der Waals surface area contributed by atoms with E-state index in [0.29, 0.717) is 35.2 Å².